The van der Waals surface area contributed by atoms with E-state index >= 15 is 0 Å². The van der Waals surface area contributed by atoms with E-state index in [1.54, 1.807) is 44.2 Å². The Kier molecular flexibility index (Phi) is 29.6. The third-order valence-corrected chi connectivity index (χ3v) is 11.1. The van der Waals surface area contributed by atoms with Crippen LogP contribution in [0.2, 0.25) is 0 Å². The van der Waals surface area contributed by atoms with Gasteiger partial charge in [-0.25, -0.2) is 4.79 Å². The van der Waals surface area contributed by atoms with E-state index in [1.807, 2.05) is 0 Å². The summed E-state index contributed by atoms with van der Waals surface area (Å²) in [4.78, 5) is 171. The molecule has 0 unspecified atom stereocenters. The van der Waals surface area contributed by atoms with Crippen molar-refractivity contribution in [2.45, 2.75) is 159 Å². The molecule has 0 saturated heterocycles. The smallest absolute Gasteiger partial charge is 0.326 e. The van der Waals surface area contributed by atoms with E-state index in [4.69, 9.17) is 22.9 Å². The number of aliphatic carboxylic acids is 4. The predicted molar refractivity (Wildman–Crippen MR) is 271 cm³/mol. The van der Waals surface area contributed by atoms with Gasteiger partial charge in [-0.05, 0) is 70.3 Å². The summed E-state index contributed by atoms with van der Waals surface area (Å²) in [5, 5.41) is 57.0. The van der Waals surface area contributed by atoms with Crippen LogP contribution in [0.25, 0.3) is 0 Å². The quantitative estimate of drug-likeness (QED) is 0.0170. The number of nitrogens with zero attached hydrogens (tertiary/aromatic N) is 1. The first-order valence-electron chi connectivity index (χ1n) is 24.4. The van der Waals surface area contributed by atoms with Gasteiger partial charge in [0.25, 0.3) is 0 Å². The Balaban J connectivity index is 3.53. The Hall–Kier alpha value is -8.44. The second-order valence-corrected chi connectivity index (χ2v) is 18.4. The Bertz CT molecular complexity index is 2280. The molecule has 0 aromatic heterocycles. The number of hydrogen-bond acceptors (Lipinski definition) is 15. The summed E-state index contributed by atoms with van der Waals surface area (Å²) in [6.45, 7) is 5.91. The van der Waals surface area contributed by atoms with Gasteiger partial charge in [-0.15, -0.1) is 0 Å². The molecule has 30 heteroatoms. The summed E-state index contributed by atoms with van der Waals surface area (Å²) < 4.78 is 0. The summed E-state index contributed by atoms with van der Waals surface area (Å²) in [6.07, 6.45) is -5.04. The topological polar surface area (TPSA) is 516 Å². The number of carboxylic acids is 4. The standard InChI is InChI=1S/C47H73N13O17/c1-23(2)21-32(59-38(68)24(3)48)44(74)57-30(15-19-37(66)67)42(72)56-28(13-17-35(62)63)40(70)53-25(4)39(69)54-29(14-18-36(64)65)43(73)60-33(22-26-9-6-5-7-10-26)45(75)55-27(11-8-20-52-47(50)51)41(71)58-31(46(76)77)12-16-34(49)61/h5-7,9-10,23-25,27-33H,8,11-22,48H2,1-4H3,(H2,49,61)(H,53,70)(H,54,69)(H,55,75)(H,56,72)(H,57,74)(H,58,71)(H,59,68)(H,60,73)(H,62,63)(H,64,65)(H,66,67)(H,76,77)(H4,50,51,52)/t24-,25-,27-,28-,29-,30-,31-,32-,33-/m0/s1. The fourth-order valence-corrected chi connectivity index (χ4v) is 7.03. The van der Waals surface area contributed by atoms with Crippen molar-refractivity contribution in [2.75, 3.05) is 6.54 Å². The lowest BCUT2D eigenvalue weighted by Gasteiger charge is -2.27. The highest BCUT2D eigenvalue weighted by molar-refractivity contribution is 5.98. The molecular weight excluding hydrogens is 1020 g/mol. The van der Waals surface area contributed by atoms with Gasteiger partial charge in [0.15, 0.2) is 5.96 Å². The number of carboxylic acid groups (broad SMARTS) is 4. The zero-order valence-electron chi connectivity index (χ0n) is 43.2. The molecule has 0 aliphatic heterocycles. The number of aliphatic imine (C=N–C) groups is 1. The lowest BCUT2D eigenvalue weighted by molar-refractivity contribution is -0.143. The molecule has 0 fully saturated rings. The molecule has 0 spiro atoms. The molecule has 0 heterocycles. The van der Waals surface area contributed by atoms with Crippen molar-refractivity contribution < 1.29 is 82.8 Å². The van der Waals surface area contributed by atoms with Gasteiger partial charge < -0.3 is 85.9 Å². The average Bonchev–Trinajstić information content (AvgIpc) is 3.33. The van der Waals surface area contributed by atoms with E-state index in [0.29, 0.717) is 5.56 Å². The van der Waals surface area contributed by atoms with Crippen LogP contribution in [0.4, 0.5) is 0 Å². The maximum absolute atomic E-state index is 14.1. The van der Waals surface area contributed by atoms with Gasteiger partial charge in [0.1, 0.15) is 48.3 Å². The monoisotopic (exact) mass is 1090 g/mol. The van der Waals surface area contributed by atoms with E-state index in [0.717, 1.165) is 6.92 Å². The summed E-state index contributed by atoms with van der Waals surface area (Å²) in [7, 11) is 0. The zero-order chi connectivity index (χ0) is 58.5. The van der Waals surface area contributed by atoms with Crippen molar-refractivity contribution >= 4 is 83.0 Å². The number of carbonyl (C=O) groups is 13. The Morgan fingerprint density at radius 2 is 0.844 bits per heavy atom. The summed E-state index contributed by atoms with van der Waals surface area (Å²) >= 11 is 0. The van der Waals surface area contributed by atoms with Crippen LogP contribution in [0, 0.1) is 5.92 Å². The second-order valence-electron chi connectivity index (χ2n) is 18.4. The molecule has 0 bridgehead atoms. The number of nitrogens with two attached hydrogens (primary N) is 4. The number of benzene rings is 1. The summed E-state index contributed by atoms with van der Waals surface area (Å²) in [5.41, 5.74) is 22.1. The van der Waals surface area contributed by atoms with Crippen molar-refractivity contribution in [2.24, 2.45) is 33.8 Å². The predicted octanol–water partition coefficient (Wildman–Crippen LogP) is -4.48. The molecule has 428 valence electrons. The molecule has 0 saturated carbocycles. The molecule has 20 N–H and O–H groups in total. The normalized spacial score (nSPS) is 14.4. The van der Waals surface area contributed by atoms with Gasteiger partial charge in [-0.1, -0.05) is 44.2 Å². The van der Waals surface area contributed by atoms with Crippen LogP contribution < -0.4 is 65.5 Å². The van der Waals surface area contributed by atoms with Crippen LogP contribution in [0.5, 0.6) is 0 Å². The third-order valence-electron chi connectivity index (χ3n) is 11.1. The molecule has 9 amide bonds. The fourth-order valence-electron chi connectivity index (χ4n) is 7.03. The van der Waals surface area contributed by atoms with E-state index in [-0.39, 0.29) is 44.1 Å². The minimum atomic E-state index is -1.76. The number of rotatable bonds is 37. The first-order valence-corrected chi connectivity index (χ1v) is 24.4. The maximum atomic E-state index is 14.1. The Labute approximate surface area is 442 Å². The van der Waals surface area contributed by atoms with E-state index in [1.165, 1.54) is 6.92 Å². The molecular formula is C47H73N13O17. The summed E-state index contributed by atoms with van der Waals surface area (Å²) in [6, 6.07) is -5.71. The highest BCUT2D eigenvalue weighted by Gasteiger charge is 2.35. The minimum Gasteiger partial charge on any atom is -0.481 e. The van der Waals surface area contributed by atoms with Gasteiger partial charge in [-0.2, -0.15) is 0 Å². The van der Waals surface area contributed by atoms with Crippen LogP contribution in [0.15, 0.2) is 35.3 Å². The Morgan fingerprint density at radius 1 is 0.468 bits per heavy atom. The largest absolute Gasteiger partial charge is 0.481 e. The minimum absolute atomic E-state index is 0.0376. The average molecular weight is 1090 g/mol. The number of guanidine groups is 1. The van der Waals surface area contributed by atoms with E-state index in [9.17, 15) is 82.8 Å². The van der Waals surface area contributed by atoms with E-state index in [2.05, 4.69) is 47.5 Å². The molecule has 0 aliphatic rings. The van der Waals surface area contributed by atoms with Crippen LogP contribution in [0.1, 0.15) is 104 Å². The molecule has 0 aliphatic carbocycles. The SMILES string of the molecule is CC(C)C[C@H](NC(=O)[C@H](C)N)C(=O)N[C@@H](CCC(=O)O)C(=O)N[C@@H](CCC(=O)O)C(=O)N[C@@H](C)C(=O)N[C@@H](CCC(=O)O)C(=O)N[C@@H](Cc1ccccc1)C(=O)N[C@@H](CCCN=C(N)N)C(=O)N[C@@H](CCC(N)=O)C(=O)O. The van der Waals surface area contributed by atoms with Gasteiger partial charge in [0, 0.05) is 38.6 Å². The van der Waals surface area contributed by atoms with Crippen molar-refractivity contribution in [3.63, 3.8) is 0 Å². The first-order chi connectivity index (χ1) is 36.0. The number of primary amides is 1. The number of carbonyl (C=O) groups excluding carboxylic acids is 9. The molecule has 77 heavy (non-hydrogen) atoms. The number of amides is 9. The molecule has 0 radical (unpaired) electrons. The van der Waals surface area contributed by atoms with Crippen molar-refractivity contribution in [3.8, 4) is 0 Å². The van der Waals surface area contributed by atoms with Crippen LogP contribution >= 0.6 is 0 Å². The van der Waals surface area contributed by atoms with E-state index < -0.39 is 183 Å². The highest BCUT2D eigenvalue weighted by atomic mass is 16.4. The molecule has 1 aromatic carbocycles. The number of hydrogen-bond donors (Lipinski definition) is 16. The molecule has 30 nitrogen and oxygen atoms in total. The van der Waals surface area contributed by atoms with Crippen LogP contribution in [0.3, 0.4) is 0 Å². The van der Waals surface area contributed by atoms with Gasteiger partial charge in [0.2, 0.25) is 53.2 Å². The molecule has 1 aromatic rings. The number of nitrogens with one attached hydrogen (secondary N) is 8. The molecule has 9 atom stereocenters. The van der Waals surface area contributed by atoms with Crippen LogP contribution in [-0.4, -0.2) is 164 Å². The Morgan fingerprint density at radius 3 is 1.26 bits per heavy atom. The van der Waals surface area contributed by atoms with Crippen LogP contribution in [-0.2, 0) is 68.7 Å². The fraction of sp³-hybridized carbons (Fsp3) is 0.574. The molecule has 1 rings (SSSR count). The van der Waals surface area contributed by atoms with Gasteiger partial charge >= 0.3 is 23.9 Å². The third kappa shape index (κ3) is 27.6. The summed E-state index contributed by atoms with van der Waals surface area (Å²) in [5.74, 6) is -15.3. The van der Waals surface area contributed by atoms with Gasteiger partial charge in [0.05, 0.1) is 6.04 Å². The lowest BCUT2D eigenvalue weighted by atomic mass is 10.0. The van der Waals surface area contributed by atoms with Crippen molar-refractivity contribution in [1.29, 1.82) is 0 Å². The maximum Gasteiger partial charge on any atom is 0.326 e. The highest BCUT2D eigenvalue weighted by Crippen LogP contribution is 2.11. The van der Waals surface area contributed by atoms with Gasteiger partial charge in [-0.3, -0.25) is 62.5 Å². The first kappa shape index (κ1) is 66.6. The lowest BCUT2D eigenvalue weighted by Crippen LogP contribution is -2.60. The zero-order valence-corrected chi connectivity index (χ0v) is 43.2. The van der Waals surface area contributed by atoms with Crippen molar-refractivity contribution in [3.05, 3.63) is 35.9 Å². The van der Waals surface area contributed by atoms with Crippen molar-refractivity contribution in [1.82, 2.24) is 42.5 Å². The second kappa shape index (κ2) is 34.2.